The highest BCUT2D eigenvalue weighted by atomic mass is 32.1. The highest BCUT2D eigenvalue weighted by molar-refractivity contribution is 7.25. The van der Waals surface area contributed by atoms with E-state index in [1.54, 1.807) is 17.1 Å². The molecule has 0 saturated carbocycles. The fourth-order valence-corrected chi connectivity index (χ4v) is 6.11. The third-order valence-electron chi connectivity index (χ3n) is 6.69. The summed E-state index contributed by atoms with van der Waals surface area (Å²) in [6, 6.07) is 19.1. The predicted octanol–water partition coefficient (Wildman–Crippen LogP) is 5.53. The quantitative estimate of drug-likeness (QED) is 0.361. The molecule has 0 radical (unpaired) electrons. The van der Waals surface area contributed by atoms with E-state index >= 15 is 0 Å². The second-order valence-corrected chi connectivity index (χ2v) is 9.84. The van der Waals surface area contributed by atoms with Crippen molar-refractivity contribution in [2.45, 2.75) is 25.2 Å². The molecule has 1 unspecified atom stereocenters. The van der Waals surface area contributed by atoms with Gasteiger partial charge in [0, 0.05) is 26.2 Å². The van der Waals surface area contributed by atoms with Crippen LogP contribution in [-0.4, -0.2) is 28.6 Å². The molecule has 3 aromatic heterocycles. The monoisotopic (exact) mass is 452 g/mol. The van der Waals surface area contributed by atoms with Crippen molar-refractivity contribution in [3.05, 3.63) is 94.2 Å². The van der Waals surface area contributed by atoms with Crippen molar-refractivity contribution in [2.24, 2.45) is 0 Å². The van der Waals surface area contributed by atoms with Gasteiger partial charge in [0.05, 0.1) is 22.3 Å². The van der Waals surface area contributed by atoms with Crippen LogP contribution in [0.25, 0.3) is 26.1 Å². The number of aryl methyl sites for hydroxylation is 1. The van der Waals surface area contributed by atoms with Gasteiger partial charge in [-0.25, -0.2) is 9.97 Å². The van der Waals surface area contributed by atoms with Crippen LogP contribution >= 0.6 is 11.3 Å². The number of thiophene rings is 1. The Morgan fingerprint density at radius 2 is 1.85 bits per heavy atom. The zero-order valence-corrected chi connectivity index (χ0v) is 19.5. The predicted molar refractivity (Wildman–Crippen MR) is 136 cm³/mol. The lowest BCUT2D eigenvalue weighted by Crippen LogP contribution is -2.18. The van der Waals surface area contributed by atoms with Crippen molar-refractivity contribution < 1.29 is 0 Å². The first-order valence-corrected chi connectivity index (χ1v) is 12.1. The van der Waals surface area contributed by atoms with Gasteiger partial charge in [-0.2, -0.15) is 0 Å². The first-order valence-electron chi connectivity index (χ1n) is 11.3. The number of benzene rings is 2. The summed E-state index contributed by atoms with van der Waals surface area (Å²) in [5, 5.41) is 0.943. The van der Waals surface area contributed by atoms with Crippen LogP contribution < -0.4 is 10.5 Å². The second kappa shape index (κ2) is 7.81. The Morgan fingerprint density at radius 1 is 1.03 bits per heavy atom. The van der Waals surface area contributed by atoms with Gasteiger partial charge in [-0.1, -0.05) is 36.4 Å². The minimum atomic E-state index is -0.0523. The molecule has 6 heteroatoms. The summed E-state index contributed by atoms with van der Waals surface area (Å²) in [4.78, 5) is 25.5. The van der Waals surface area contributed by atoms with E-state index in [2.05, 4.69) is 41.4 Å². The SMILES string of the molecule is CN(C)c1ccnc2sc3c(=O)n(-c4ccc(C5CCCc6ccccc65)cc4)cnc3c12. The Kier molecular flexibility index (Phi) is 4.76. The number of rotatable bonds is 3. The minimum Gasteiger partial charge on any atom is -0.377 e. The van der Waals surface area contributed by atoms with Crippen LogP contribution in [0.2, 0.25) is 0 Å². The van der Waals surface area contributed by atoms with Crippen LogP contribution in [-0.2, 0) is 6.42 Å². The Labute approximate surface area is 196 Å². The summed E-state index contributed by atoms with van der Waals surface area (Å²) in [5.74, 6) is 0.416. The summed E-state index contributed by atoms with van der Waals surface area (Å²) < 4.78 is 2.28. The maximum Gasteiger partial charge on any atom is 0.275 e. The Hall–Kier alpha value is -3.51. The summed E-state index contributed by atoms with van der Waals surface area (Å²) in [7, 11) is 3.98. The second-order valence-electron chi connectivity index (χ2n) is 8.84. The standard InChI is InChI=1S/C27H24N4OS/c1-30(2)22-14-15-28-26-23(22)24-25(33-26)27(32)31(16-29-24)19-12-10-18(11-13-19)21-9-5-7-17-6-3-4-8-20(17)21/h3-4,6,8,10-16,21H,5,7,9H2,1-2H3. The van der Waals surface area contributed by atoms with Crippen LogP contribution in [0.15, 0.2) is 71.9 Å². The van der Waals surface area contributed by atoms with E-state index in [0.29, 0.717) is 10.6 Å². The molecule has 2 aromatic carbocycles. The molecule has 0 fully saturated rings. The maximum absolute atomic E-state index is 13.4. The van der Waals surface area contributed by atoms with Gasteiger partial charge in [-0.05, 0) is 54.2 Å². The summed E-state index contributed by atoms with van der Waals surface area (Å²) in [6.45, 7) is 0. The van der Waals surface area contributed by atoms with Gasteiger partial charge in [0.1, 0.15) is 15.9 Å². The molecular weight excluding hydrogens is 428 g/mol. The fourth-order valence-electron chi connectivity index (χ4n) is 5.06. The van der Waals surface area contributed by atoms with E-state index < -0.39 is 0 Å². The first kappa shape index (κ1) is 20.1. The molecule has 3 heterocycles. The molecule has 1 aliphatic carbocycles. The van der Waals surface area contributed by atoms with Gasteiger partial charge in [0.2, 0.25) is 0 Å². The molecule has 0 bridgehead atoms. The van der Waals surface area contributed by atoms with E-state index in [-0.39, 0.29) is 5.56 Å². The molecule has 0 spiro atoms. The summed E-state index contributed by atoms with van der Waals surface area (Å²) in [6.07, 6.45) is 6.96. The fraction of sp³-hybridized carbons (Fsp3) is 0.222. The van der Waals surface area contributed by atoms with Gasteiger partial charge >= 0.3 is 0 Å². The van der Waals surface area contributed by atoms with Crippen LogP contribution in [0.4, 0.5) is 5.69 Å². The van der Waals surface area contributed by atoms with Crippen molar-refractivity contribution in [1.82, 2.24) is 14.5 Å². The highest BCUT2D eigenvalue weighted by Crippen LogP contribution is 2.37. The molecule has 0 amide bonds. The average molecular weight is 453 g/mol. The van der Waals surface area contributed by atoms with Gasteiger partial charge < -0.3 is 4.90 Å². The topological polar surface area (TPSA) is 51.0 Å². The van der Waals surface area contributed by atoms with Gasteiger partial charge in [0.15, 0.2) is 0 Å². The van der Waals surface area contributed by atoms with Crippen LogP contribution in [0.3, 0.4) is 0 Å². The largest absolute Gasteiger partial charge is 0.377 e. The lowest BCUT2D eigenvalue weighted by atomic mass is 9.79. The molecule has 1 aliphatic rings. The van der Waals surface area contributed by atoms with Crippen molar-refractivity contribution in [2.75, 3.05) is 19.0 Å². The van der Waals surface area contributed by atoms with Crippen molar-refractivity contribution >= 4 is 37.5 Å². The number of anilines is 1. The van der Waals surface area contributed by atoms with Crippen molar-refractivity contribution in [3.8, 4) is 5.69 Å². The van der Waals surface area contributed by atoms with E-state index in [0.717, 1.165) is 39.9 Å². The molecule has 0 N–H and O–H groups in total. The Balaban J connectivity index is 1.42. The first-order chi connectivity index (χ1) is 16.1. The van der Waals surface area contributed by atoms with E-state index in [1.807, 2.05) is 37.2 Å². The van der Waals surface area contributed by atoms with Crippen molar-refractivity contribution in [3.63, 3.8) is 0 Å². The third-order valence-corrected chi connectivity index (χ3v) is 7.76. The molecule has 6 rings (SSSR count). The summed E-state index contributed by atoms with van der Waals surface area (Å²) >= 11 is 1.41. The lowest BCUT2D eigenvalue weighted by molar-refractivity contribution is 0.616. The molecule has 1 atom stereocenters. The van der Waals surface area contributed by atoms with E-state index in [4.69, 9.17) is 4.98 Å². The highest BCUT2D eigenvalue weighted by Gasteiger charge is 2.22. The number of hydrogen-bond donors (Lipinski definition) is 0. The van der Waals surface area contributed by atoms with Gasteiger partial charge in [-0.3, -0.25) is 9.36 Å². The molecule has 5 nitrogen and oxygen atoms in total. The molecule has 5 aromatic rings. The van der Waals surface area contributed by atoms with E-state index in [9.17, 15) is 4.79 Å². The van der Waals surface area contributed by atoms with E-state index in [1.165, 1.54) is 34.4 Å². The lowest BCUT2D eigenvalue weighted by Gasteiger charge is -2.26. The van der Waals surface area contributed by atoms with Gasteiger partial charge in [-0.15, -0.1) is 11.3 Å². The number of fused-ring (bicyclic) bond motifs is 4. The molecule has 0 aliphatic heterocycles. The molecule has 0 saturated heterocycles. The average Bonchev–Trinajstić information content (AvgIpc) is 3.24. The zero-order valence-electron chi connectivity index (χ0n) is 18.7. The number of pyridine rings is 1. The van der Waals surface area contributed by atoms with Crippen LogP contribution in [0.1, 0.15) is 35.4 Å². The minimum absolute atomic E-state index is 0.0523. The molecule has 164 valence electrons. The van der Waals surface area contributed by atoms with Gasteiger partial charge in [0.25, 0.3) is 5.56 Å². The maximum atomic E-state index is 13.4. The third kappa shape index (κ3) is 3.25. The zero-order chi connectivity index (χ0) is 22.5. The normalized spacial score (nSPS) is 15.6. The van der Waals surface area contributed by atoms with Crippen molar-refractivity contribution in [1.29, 1.82) is 0 Å². The molecular formula is C27H24N4OS. The number of hydrogen-bond acceptors (Lipinski definition) is 5. The Morgan fingerprint density at radius 3 is 2.67 bits per heavy atom. The number of nitrogens with zero attached hydrogens (tertiary/aromatic N) is 4. The van der Waals surface area contributed by atoms with Crippen LogP contribution in [0.5, 0.6) is 0 Å². The smallest absolute Gasteiger partial charge is 0.275 e. The molecule has 33 heavy (non-hydrogen) atoms. The van der Waals surface area contributed by atoms with Crippen LogP contribution in [0, 0.1) is 0 Å². The number of aromatic nitrogens is 3. The summed E-state index contributed by atoms with van der Waals surface area (Å²) in [5.41, 5.74) is 6.72. The Bertz CT molecular complexity index is 1550.